The number of carboxylic acid groups (broad SMARTS) is 1. The minimum Gasteiger partial charge on any atom is -0.480 e. The Morgan fingerprint density at radius 3 is 2.69 bits per heavy atom. The van der Waals surface area contributed by atoms with Crippen LogP contribution in [0.4, 0.5) is 5.69 Å². The molecule has 1 heterocycles. The van der Waals surface area contributed by atoms with E-state index in [-0.39, 0.29) is 6.54 Å². The molecule has 16 heavy (non-hydrogen) atoms. The summed E-state index contributed by atoms with van der Waals surface area (Å²) >= 11 is 0. The van der Waals surface area contributed by atoms with Crippen LogP contribution in [-0.2, 0) is 11.3 Å². The number of benzene rings is 1. The average molecular weight is 219 g/mol. The Morgan fingerprint density at radius 1 is 1.38 bits per heavy atom. The van der Waals surface area contributed by atoms with Crippen molar-refractivity contribution >= 4 is 11.7 Å². The maximum absolute atomic E-state index is 10.6. The predicted molar refractivity (Wildman–Crippen MR) is 55.3 cm³/mol. The highest BCUT2D eigenvalue weighted by Crippen LogP contribution is 2.16. The molecule has 0 aliphatic rings. The lowest BCUT2D eigenvalue weighted by molar-refractivity contribution is -0.137. The summed E-state index contributed by atoms with van der Waals surface area (Å²) in [5, 5.41) is 19.5. The van der Waals surface area contributed by atoms with Crippen molar-refractivity contribution in [2.24, 2.45) is 0 Å². The first-order chi connectivity index (χ1) is 7.66. The third-order valence-corrected chi connectivity index (χ3v) is 1.99. The third kappa shape index (κ3) is 1.97. The fraction of sp³-hybridized carbons (Fsp3) is 0.111. The van der Waals surface area contributed by atoms with Crippen LogP contribution in [0.3, 0.4) is 0 Å². The summed E-state index contributed by atoms with van der Waals surface area (Å²) in [7, 11) is 0. The van der Waals surface area contributed by atoms with Crippen molar-refractivity contribution in [2.45, 2.75) is 6.54 Å². The molecule has 2 aromatic rings. The molecule has 1 aromatic carbocycles. The van der Waals surface area contributed by atoms with Gasteiger partial charge in [-0.25, -0.2) is 4.68 Å². The van der Waals surface area contributed by atoms with Crippen LogP contribution in [0.25, 0.3) is 11.4 Å². The van der Waals surface area contributed by atoms with Gasteiger partial charge >= 0.3 is 5.97 Å². The van der Waals surface area contributed by atoms with Gasteiger partial charge in [-0.2, -0.15) is 0 Å². The van der Waals surface area contributed by atoms with Gasteiger partial charge in [-0.1, -0.05) is 0 Å². The Labute approximate surface area is 90.5 Å². The maximum atomic E-state index is 10.6. The minimum atomic E-state index is -0.996. The molecule has 7 nitrogen and oxygen atoms in total. The number of aromatic nitrogens is 4. The lowest BCUT2D eigenvalue weighted by atomic mass is 10.2. The Morgan fingerprint density at radius 2 is 2.06 bits per heavy atom. The first kappa shape index (κ1) is 10.1. The van der Waals surface area contributed by atoms with Gasteiger partial charge in [-0.05, 0) is 34.7 Å². The van der Waals surface area contributed by atoms with Gasteiger partial charge in [-0.3, -0.25) is 4.79 Å². The summed E-state index contributed by atoms with van der Waals surface area (Å²) in [6.07, 6.45) is 0. The lowest BCUT2D eigenvalue weighted by Gasteiger charge is -2.01. The molecule has 0 saturated heterocycles. The second kappa shape index (κ2) is 3.97. The number of anilines is 1. The number of aliphatic carboxylic acids is 1. The average Bonchev–Trinajstić information content (AvgIpc) is 2.66. The van der Waals surface area contributed by atoms with Gasteiger partial charge in [0.1, 0.15) is 6.54 Å². The first-order valence-electron chi connectivity index (χ1n) is 4.50. The fourth-order valence-electron chi connectivity index (χ4n) is 1.28. The van der Waals surface area contributed by atoms with E-state index >= 15 is 0 Å². The molecule has 3 N–H and O–H groups in total. The number of hydrogen-bond acceptors (Lipinski definition) is 5. The lowest BCUT2D eigenvalue weighted by Crippen LogP contribution is -2.11. The van der Waals surface area contributed by atoms with Gasteiger partial charge in [0.15, 0.2) is 5.82 Å². The summed E-state index contributed by atoms with van der Waals surface area (Å²) in [5.74, 6) is -0.591. The predicted octanol–water partition coefficient (Wildman–Crippen LogP) is 0.00690. The van der Waals surface area contributed by atoms with Crippen molar-refractivity contribution in [2.75, 3.05) is 5.73 Å². The molecule has 2 rings (SSSR count). The highest BCUT2D eigenvalue weighted by molar-refractivity contribution is 5.68. The molecule has 0 radical (unpaired) electrons. The van der Waals surface area contributed by atoms with E-state index in [0.717, 1.165) is 5.56 Å². The Hall–Kier alpha value is -2.44. The highest BCUT2D eigenvalue weighted by Gasteiger charge is 2.10. The smallest absolute Gasteiger partial charge is 0.325 e. The van der Waals surface area contributed by atoms with Crippen molar-refractivity contribution in [3.05, 3.63) is 24.3 Å². The van der Waals surface area contributed by atoms with Crippen LogP contribution in [0.5, 0.6) is 0 Å². The highest BCUT2D eigenvalue weighted by atomic mass is 16.4. The van der Waals surface area contributed by atoms with E-state index in [2.05, 4.69) is 15.5 Å². The van der Waals surface area contributed by atoms with Gasteiger partial charge in [0.05, 0.1) is 0 Å². The number of nitrogens with zero attached hydrogens (tertiary/aromatic N) is 4. The molecule has 0 unspecified atom stereocenters. The van der Waals surface area contributed by atoms with Crippen LogP contribution in [0, 0.1) is 0 Å². The van der Waals surface area contributed by atoms with Crippen molar-refractivity contribution < 1.29 is 9.90 Å². The standard InChI is InChI=1S/C9H9N5O2/c10-7-3-1-6(2-4-7)9-11-12-13-14(9)5-8(15)16/h1-4H,5,10H2,(H,15,16). The van der Waals surface area contributed by atoms with Crippen LogP contribution in [0.1, 0.15) is 0 Å². The molecule has 0 aliphatic carbocycles. The number of tetrazole rings is 1. The number of nitrogens with two attached hydrogens (primary N) is 1. The molecule has 7 heteroatoms. The van der Waals surface area contributed by atoms with Crippen LogP contribution >= 0.6 is 0 Å². The van der Waals surface area contributed by atoms with Crippen LogP contribution in [0.2, 0.25) is 0 Å². The zero-order valence-electron chi connectivity index (χ0n) is 8.24. The summed E-state index contributed by atoms with van der Waals surface area (Å²) in [5.41, 5.74) is 6.89. The quantitative estimate of drug-likeness (QED) is 0.704. The van der Waals surface area contributed by atoms with Gasteiger partial charge in [0.2, 0.25) is 0 Å². The van der Waals surface area contributed by atoms with E-state index in [1.807, 2.05) is 0 Å². The third-order valence-electron chi connectivity index (χ3n) is 1.99. The van der Waals surface area contributed by atoms with Crippen LogP contribution in [-0.4, -0.2) is 31.3 Å². The normalized spacial score (nSPS) is 10.2. The van der Waals surface area contributed by atoms with E-state index in [1.165, 1.54) is 4.68 Å². The SMILES string of the molecule is Nc1ccc(-c2nnnn2CC(=O)O)cc1. The van der Waals surface area contributed by atoms with E-state index in [0.29, 0.717) is 11.5 Å². The summed E-state index contributed by atoms with van der Waals surface area (Å²) in [4.78, 5) is 10.6. The molecule has 0 aliphatic heterocycles. The van der Waals surface area contributed by atoms with Gasteiger partial charge in [0.25, 0.3) is 0 Å². The largest absolute Gasteiger partial charge is 0.480 e. The molecule has 0 saturated carbocycles. The number of carbonyl (C=O) groups is 1. The zero-order chi connectivity index (χ0) is 11.5. The molecule has 0 atom stereocenters. The molecular weight excluding hydrogens is 210 g/mol. The van der Waals surface area contributed by atoms with E-state index in [1.54, 1.807) is 24.3 Å². The van der Waals surface area contributed by atoms with Gasteiger partial charge in [0, 0.05) is 11.3 Å². The van der Waals surface area contributed by atoms with Crippen molar-refractivity contribution in [3.63, 3.8) is 0 Å². The van der Waals surface area contributed by atoms with Gasteiger partial charge < -0.3 is 10.8 Å². The molecular formula is C9H9N5O2. The van der Waals surface area contributed by atoms with E-state index < -0.39 is 5.97 Å². The molecule has 0 fully saturated rings. The topological polar surface area (TPSA) is 107 Å². The fourth-order valence-corrected chi connectivity index (χ4v) is 1.28. The van der Waals surface area contributed by atoms with E-state index in [9.17, 15) is 4.79 Å². The van der Waals surface area contributed by atoms with Crippen LogP contribution in [0.15, 0.2) is 24.3 Å². The molecule has 0 spiro atoms. The monoisotopic (exact) mass is 219 g/mol. The number of rotatable bonds is 3. The summed E-state index contributed by atoms with van der Waals surface area (Å²) < 4.78 is 1.22. The maximum Gasteiger partial charge on any atom is 0.325 e. The second-order valence-electron chi connectivity index (χ2n) is 3.18. The number of carboxylic acids is 1. The van der Waals surface area contributed by atoms with Gasteiger partial charge in [-0.15, -0.1) is 5.10 Å². The first-order valence-corrected chi connectivity index (χ1v) is 4.50. The van der Waals surface area contributed by atoms with Crippen molar-refractivity contribution in [1.29, 1.82) is 0 Å². The Bertz CT molecular complexity index is 505. The van der Waals surface area contributed by atoms with Crippen molar-refractivity contribution in [1.82, 2.24) is 20.2 Å². The number of hydrogen-bond donors (Lipinski definition) is 2. The second-order valence-corrected chi connectivity index (χ2v) is 3.18. The summed E-state index contributed by atoms with van der Waals surface area (Å²) in [6.45, 7) is -0.271. The summed E-state index contributed by atoms with van der Waals surface area (Å²) in [6, 6.07) is 6.88. The minimum absolute atomic E-state index is 0.271. The van der Waals surface area contributed by atoms with Crippen LogP contribution < -0.4 is 5.73 Å². The molecule has 0 bridgehead atoms. The molecule has 0 amide bonds. The Balaban J connectivity index is 2.36. The zero-order valence-corrected chi connectivity index (χ0v) is 8.24. The van der Waals surface area contributed by atoms with E-state index in [4.69, 9.17) is 10.8 Å². The molecule has 82 valence electrons. The van der Waals surface area contributed by atoms with Crippen molar-refractivity contribution in [3.8, 4) is 11.4 Å². The number of nitrogen functional groups attached to an aromatic ring is 1. The molecule has 1 aromatic heterocycles. The Kier molecular flexibility index (Phi) is 2.50.